The highest BCUT2D eigenvalue weighted by atomic mass is 14.3. The summed E-state index contributed by atoms with van der Waals surface area (Å²) in [7, 11) is 0. The summed E-state index contributed by atoms with van der Waals surface area (Å²) in [4.78, 5) is 0. The first-order chi connectivity index (χ1) is 6.59. The van der Waals surface area contributed by atoms with Gasteiger partial charge in [-0.2, -0.15) is 0 Å². The molecule has 0 saturated carbocycles. The third kappa shape index (κ3) is 5.20. The van der Waals surface area contributed by atoms with Crippen molar-refractivity contribution in [2.75, 3.05) is 0 Å². The molecule has 15 heavy (non-hydrogen) atoms. The molecule has 0 aliphatic rings. The summed E-state index contributed by atoms with van der Waals surface area (Å²) < 4.78 is 0. The average molecular weight is 208 g/mol. The van der Waals surface area contributed by atoms with Crippen molar-refractivity contribution in [1.29, 1.82) is 0 Å². The number of rotatable bonds is 2. The highest BCUT2D eigenvalue weighted by Gasteiger charge is 2.27. The molecule has 0 aromatic heterocycles. The maximum atomic E-state index is 2.41. The molecular weight excluding hydrogens is 180 g/mol. The SMILES string of the molecule is CC=C(C)CC=C(C(C)(C)C)C(C)(C)C. The van der Waals surface area contributed by atoms with Gasteiger partial charge in [0.1, 0.15) is 0 Å². The van der Waals surface area contributed by atoms with Crippen LogP contribution in [0.4, 0.5) is 0 Å². The molecule has 0 bridgehead atoms. The third-order valence-corrected chi connectivity index (χ3v) is 2.74. The Morgan fingerprint density at radius 1 is 0.933 bits per heavy atom. The zero-order valence-electron chi connectivity index (χ0n) is 11.9. The molecule has 0 heterocycles. The van der Waals surface area contributed by atoms with Gasteiger partial charge in [0, 0.05) is 0 Å². The quantitative estimate of drug-likeness (QED) is 0.536. The van der Waals surface area contributed by atoms with Gasteiger partial charge in [0.25, 0.3) is 0 Å². The van der Waals surface area contributed by atoms with Crippen LogP contribution in [-0.2, 0) is 0 Å². The van der Waals surface area contributed by atoms with Gasteiger partial charge >= 0.3 is 0 Å². The molecule has 0 fully saturated rings. The van der Waals surface area contributed by atoms with Gasteiger partial charge in [0.2, 0.25) is 0 Å². The first-order valence-electron chi connectivity index (χ1n) is 5.92. The van der Waals surface area contributed by atoms with Crippen molar-refractivity contribution in [1.82, 2.24) is 0 Å². The van der Waals surface area contributed by atoms with Crippen LogP contribution in [0, 0.1) is 10.8 Å². The first kappa shape index (κ1) is 14.5. The van der Waals surface area contributed by atoms with E-state index in [1.165, 1.54) is 5.57 Å². The predicted octanol–water partition coefficient (Wildman–Crippen LogP) is 5.36. The molecule has 0 N–H and O–H groups in total. The lowest BCUT2D eigenvalue weighted by molar-refractivity contribution is 0.360. The molecule has 0 nitrogen and oxygen atoms in total. The Balaban J connectivity index is 4.98. The summed E-state index contributed by atoms with van der Waals surface area (Å²) >= 11 is 0. The summed E-state index contributed by atoms with van der Waals surface area (Å²) in [6, 6.07) is 0. The summed E-state index contributed by atoms with van der Waals surface area (Å²) in [5.41, 5.74) is 3.54. The molecular formula is C15H28. The van der Waals surface area contributed by atoms with Crippen molar-refractivity contribution >= 4 is 0 Å². The van der Waals surface area contributed by atoms with Crippen LogP contribution >= 0.6 is 0 Å². The van der Waals surface area contributed by atoms with Crippen molar-refractivity contribution in [3.8, 4) is 0 Å². The first-order valence-corrected chi connectivity index (χ1v) is 5.92. The fourth-order valence-electron chi connectivity index (χ4n) is 2.12. The van der Waals surface area contributed by atoms with E-state index in [9.17, 15) is 0 Å². The topological polar surface area (TPSA) is 0 Å². The van der Waals surface area contributed by atoms with Crippen LogP contribution in [-0.4, -0.2) is 0 Å². The van der Waals surface area contributed by atoms with Crippen LogP contribution in [0.15, 0.2) is 23.3 Å². The number of hydrogen-bond donors (Lipinski definition) is 0. The predicted molar refractivity (Wildman–Crippen MR) is 71.0 cm³/mol. The van der Waals surface area contributed by atoms with Crippen molar-refractivity contribution in [3.05, 3.63) is 23.3 Å². The molecule has 88 valence electrons. The van der Waals surface area contributed by atoms with E-state index in [1.807, 2.05) is 0 Å². The van der Waals surface area contributed by atoms with Crippen molar-refractivity contribution < 1.29 is 0 Å². The van der Waals surface area contributed by atoms with E-state index in [1.54, 1.807) is 5.57 Å². The fourth-order valence-corrected chi connectivity index (χ4v) is 2.12. The summed E-state index contributed by atoms with van der Waals surface area (Å²) in [6.45, 7) is 18.1. The van der Waals surface area contributed by atoms with E-state index in [2.05, 4.69) is 67.5 Å². The molecule has 0 aliphatic heterocycles. The molecule has 0 aliphatic carbocycles. The van der Waals surface area contributed by atoms with Gasteiger partial charge in [-0.1, -0.05) is 64.8 Å². The minimum absolute atomic E-state index is 0.270. The zero-order valence-corrected chi connectivity index (χ0v) is 11.9. The molecule has 0 amide bonds. The highest BCUT2D eigenvalue weighted by molar-refractivity contribution is 5.20. The van der Waals surface area contributed by atoms with Crippen LogP contribution in [0.2, 0.25) is 0 Å². The second kappa shape index (κ2) is 5.01. The Morgan fingerprint density at radius 2 is 1.33 bits per heavy atom. The van der Waals surface area contributed by atoms with E-state index in [-0.39, 0.29) is 10.8 Å². The van der Waals surface area contributed by atoms with E-state index in [4.69, 9.17) is 0 Å². The number of hydrogen-bond acceptors (Lipinski definition) is 0. The Kier molecular flexibility index (Phi) is 4.83. The molecule has 0 atom stereocenters. The minimum Gasteiger partial charge on any atom is -0.0884 e. The minimum atomic E-state index is 0.270. The third-order valence-electron chi connectivity index (χ3n) is 2.74. The molecule has 0 rings (SSSR count). The Hall–Kier alpha value is -0.520. The van der Waals surface area contributed by atoms with E-state index in [0.29, 0.717) is 0 Å². The van der Waals surface area contributed by atoms with Crippen molar-refractivity contribution in [3.63, 3.8) is 0 Å². The van der Waals surface area contributed by atoms with Gasteiger partial charge in [0.15, 0.2) is 0 Å². The van der Waals surface area contributed by atoms with Gasteiger partial charge in [-0.3, -0.25) is 0 Å². The van der Waals surface area contributed by atoms with E-state index < -0.39 is 0 Å². The van der Waals surface area contributed by atoms with Crippen LogP contribution in [0.5, 0.6) is 0 Å². The van der Waals surface area contributed by atoms with E-state index in [0.717, 1.165) is 6.42 Å². The van der Waals surface area contributed by atoms with Gasteiger partial charge in [-0.25, -0.2) is 0 Å². The van der Waals surface area contributed by atoms with Crippen molar-refractivity contribution in [2.24, 2.45) is 10.8 Å². The van der Waals surface area contributed by atoms with Crippen molar-refractivity contribution in [2.45, 2.75) is 61.8 Å². The van der Waals surface area contributed by atoms with Crippen LogP contribution in [0.1, 0.15) is 61.8 Å². The van der Waals surface area contributed by atoms with Gasteiger partial charge in [-0.15, -0.1) is 0 Å². The van der Waals surface area contributed by atoms with Gasteiger partial charge in [-0.05, 0) is 31.1 Å². The van der Waals surface area contributed by atoms with Gasteiger partial charge < -0.3 is 0 Å². The lowest BCUT2D eigenvalue weighted by atomic mass is 9.71. The molecule has 0 unspecified atom stereocenters. The Labute approximate surface area is 96.5 Å². The highest BCUT2D eigenvalue weighted by Crippen LogP contribution is 2.39. The van der Waals surface area contributed by atoms with E-state index >= 15 is 0 Å². The maximum absolute atomic E-state index is 2.41. The van der Waals surface area contributed by atoms with Crippen LogP contribution in [0.25, 0.3) is 0 Å². The Morgan fingerprint density at radius 3 is 1.60 bits per heavy atom. The lowest BCUT2D eigenvalue weighted by Gasteiger charge is -2.34. The zero-order chi connectivity index (χ0) is 12.3. The summed E-state index contributed by atoms with van der Waals surface area (Å²) in [5.74, 6) is 0. The standard InChI is InChI=1S/C15H28/c1-9-12(2)10-11-13(14(3,4)5)15(6,7)8/h9,11H,10H2,1-8H3. The van der Waals surface area contributed by atoms with Crippen LogP contribution < -0.4 is 0 Å². The van der Waals surface area contributed by atoms with Crippen LogP contribution in [0.3, 0.4) is 0 Å². The number of allylic oxidation sites excluding steroid dienone is 4. The summed E-state index contributed by atoms with van der Waals surface area (Å²) in [5, 5.41) is 0. The lowest BCUT2D eigenvalue weighted by Crippen LogP contribution is -2.22. The molecule has 0 radical (unpaired) electrons. The molecule has 0 spiro atoms. The smallest absolute Gasteiger partial charge is 0.0139 e. The normalized spacial score (nSPS) is 14.0. The molecule has 0 saturated heterocycles. The second-order valence-corrected chi connectivity index (χ2v) is 6.46. The average Bonchev–Trinajstić information content (AvgIpc) is 1.99. The fraction of sp³-hybridized carbons (Fsp3) is 0.733. The molecule has 0 aromatic carbocycles. The maximum Gasteiger partial charge on any atom is -0.0139 e. The monoisotopic (exact) mass is 208 g/mol. The second-order valence-electron chi connectivity index (χ2n) is 6.46. The largest absolute Gasteiger partial charge is 0.0884 e. The van der Waals surface area contributed by atoms with Gasteiger partial charge in [0.05, 0.1) is 0 Å². The molecule has 0 heteroatoms. The molecule has 0 aromatic rings. The Bertz CT molecular complexity index is 235. The summed E-state index contributed by atoms with van der Waals surface area (Å²) in [6.07, 6.45) is 5.69.